The molecule has 0 saturated heterocycles. The number of unbranched alkanes of at least 4 members (excludes halogenated alkanes) is 4. The molecule has 0 aromatic rings. The van der Waals surface area contributed by atoms with Gasteiger partial charge in [-0.1, -0.05) is 55.0 Å². The Labute approximate surface area is 100 Å². The van der Waals surface area contributed by atoms with E-state index in [4.69, 9.17) is 0 Å². The summed E-state index contributed by atoms with van der Waals surface area (Å²) in [5.74, 6) is -0.564. The minimum absolute atomic E-state index is 0.188. The molecular formula is C11H21BrO3. The van der Waals surface area contributed by atoms with E-state index in [1.54, 1.807) is 0 Å². The lowest BCUT2D eigenvalue weighted by Gasteiger charge is -2.14. The van der Waals surface area contributed by atoms with Gasteiger partial charge in [-0.25, -0.2) is 4.79 Å². The summed E-state index contributed by atoms with van der Waals surface area (Å²) >= 11 is 3.30. The van der Waals surface area contributed by atoms with E-state index in [0.29, 0.717) is 0 Å². The van der Waals surface area contributed by atoms with Crippen molar-refractivity contribution in [2.45, 2.75) is 56.4 Å². The number of alkyl halides is 1. The SMILES string of the molecule is CCCCCCC[C@H](Br)[C@H](O)C(=O)OC. The maximum absolute atomic E-state index is 11.0. The largest absolute Gasteiger partial charge is 0.467 e. The summed E-state index contributed by atoms with van der Waals surface area (Å²) in [7, 11) is 1.28. The summed E-state index contributed by atoms with van der Waals surface area (Å²) in [5, 5.41) is 9.47. The average Bonchev–Trinajstić information content (AvgIpc) is 2.26. The lowest BCUT2D eigenvalue weighted by atomic mass is 10.1. The number of carbonyl (C=O) groups is 1. The van der Waals surface area contributed by atoms with E-state index in [1.807, 2.05) is 0 Å². The van der Waals surface area contributed by atoms with Crippen LogP contribution in [-0.2, 0) is 9.53 Å². The van der Waals surface area contributed by atoms with Gasteiger partial charge in [0.25, 0.3) is 0 Å². The third-order valence-electron chi connectivity index (χ3n) is 2.37. The summed E-state index contributed by atoms with van der Waals surface area (Å²) in [4.78, 5) is 10.8. The third-order valence-corrected chi connectivity index (χ3v) is 3.33. The molecule has 0 unspecified atom stereocenters. The Morgan fingerprint density at radius 3 is 2.47 bits per heavy atom. The lowest BCUT2D eigenvalue weighted by Crippen LogP contribution is -2.30. The minimum Gasteiger partial charge on any atom is -0.467 e. The second kappa shape index (κ2) is 9.16. The van der Waals surface area contributed by atoms with Gasteiger partial charge >= 0.3 is 5.97 Å². The normalized spacial score (nSPS) is 14.7. The molecule has 0 aliphatic heterocycles. The second-order valence-electron chi connectivity index (χ2n) is 3.69. The number of aliphatic hydroxyl groups is 1. The van der Waals surface area contributed by atoms with E-state index in [-0.39, 0.29) is 4.83 Å². The van der Waals surface area contributed by atoms with Crippen LogP contribution in [0.3, 0.4) is 0 Å². The van der Waals surface area contributed by atoms with E-state index in [1.165, 1.54) is 26.4 Å². The van der Waals surface area contributed by atoms with Gasteiger partial charge in [-0.3, -0.25) is 0 Å². The van der Waals surface area contributed by atoms with E-state index in [0.717, 1.165) is 19.3 Å². The van der Waals surface area contributed by atoms with Crippen LogP contribution >= 0.6 is 15.9 Å². The average molecular weight is 281 g/mol. The van der Waals surface area contributed by atoms with Gasteiger partial charge in [0, 0.05) is 0 Å². The molecule has 90 valence electrons. The van der Waals surface area contributed by atoms with E-state index in [9.17, 15) is 9.90 Å². The highest BCUT2D eigenvalue weighted by Crippen LogP contribution is 2.16. The van der Waals surface area contributed by atoms with Gasteiger partial charge in [0.15, 0.2) is 6.10 Å². The van der Waals surface area contributed by atoms with E-state index >= 15 is 0 Å². The predicted octanol–water partition coefficient (Wildman–Crippen LogP) is 2.64. The van der Waals surface area contributed by atoms with Gasteiger partial charge in [-0.05, 0) is 6.42 Å². The standard InChI is InChI=1S/C11H21BrO3/c1-3-4-5-6-7-8-9(12)10(13)11(14)15-2/h9-10,13H,3-8H2,1-2H3/t9-,10-/m0/s1. The topological polar surface area (TPSA) is 46.5 Å². The van der Waals surface area contributed by atoms with Crippen molar-refractivity contribution in [2.75, 3.05) is 7.11 Å². The number of methoxy groups -OCH3 is 1. The van der Waals surface area contributed by atoms with Crippen molar-refractivity contribution in [2.24, 2.45) is 0 Å². The molecule has 0 spiro atoms. The minimum atomic E-state index is -1.04. The molecule has 0 radical (unpaired) electrons. The number of halogens is 1. The number of hydrogen-bond donors (Lipinski definition) is 1. The van der Waals surface area contributed by atoms with Crippen molar-refractivity contribution in [1.82, 2.24) is 0 Å². The molecule has 4 heteroatoms. The van der Waals surface area contributed by atoms with Gasteiger partial charge in [-0.15, -0.1) is 0 Å². The van der Waals surface area contributed by atoms with Crippen LogP contribution in [0.15, 0.2) is 0 Å². The molecule has 1 N–H and O–H groups in total. The third kappa shape index (κ3) is 6.90. The summed E-state index contributed by atoms with van der Waals surface area (Å²) in [6.45, 7) is 2.17. The Kier molecular flexibility index (Phi) is 9.10. The molecule has 0 saturated carbocycles. The Hall–Kier alpha value is -0.0900. The number of carbonyl (C=O) groups excluding carboxylic acids is 1. The Morgan fingerprint density at radius 1 is 1.33 bits per heavy atom. The van der Waals surface area contributed by atoms with Gasteiger partial charge in [-0.2, -0.15) is 0 Å². The summed E-state index contributed by atoms with van der Waals surface area (Å²) < 4.78 is 4.46. The zero-order chi connectivity index (χ0) is 11.7. The molecule has 0 rings (SSSR count). The Morgan fingerprint density at radius 2 is 1.93 bits per heavy atom. The number of ether oxygens (including phenoxy) is 1. The van der Waals surface area contributed by atoms with Gasteiger partial charge in [0.05, 0.1) is 11.9 Å². The maximum Gasteiger partial charge on any atom is 0.335 e. The molecule has 0 aliphatic carbocycles. The summed E-state index contributed by atoms with van der Waals surface area (Å²) in [5.41, 5.74) is 0. The monoisotopic (exact) mass is 280 g/mol. The van der Waals surface area contributed by atoms with E-state index < -0.39 is 12.1 Å². The highest BCUT2D eigenvalue weighted by atomic mass is 79.9. The van der Waals surface area contributed by atoms with Crippen LogP contribution in [0.4, 0.5) is 0 Å². The molecule has 0 heterocycles. The molecule has 0 amide bonds. The molecule has 0 aromatic carbocycles. The summed E-state index contributed by atoms with van der Waals surface area (Å²) in [6, 6.07) is 0. The molecule has 0 fully saturated rings. The fourth-order valence-electron chi connectivity index (χ4n) is 1.37. The zero-order valence-corrected chi connectivity index (χ0v) is 11.1. The summed E-state index contributed by atoms with van der Waals surface area (Å²) in [6.07, 6.45) is 5.66. The van der Waals surface area contributed by atoms with Crippen molar-refractivity contribution < 1.29 is 14.6 Å². The van der Waals surface area contributed by atoms with Crippen molar-refractivity contribution in [3.63, 3.8) is 0 Å². The number of rotatable bonds is 8. The van der Waals surface area contributed by atoms with E-state index in [2.05, 4.69) is 27.6 Å². The van der Waals surface area contributed by atoms with Crippen LogP contribution in [0.25, 0.3) is 0 Å². The quantitative estimate of drug-likeness (QED) is 0.422. The van der Waals surface area contributed by atoms with Crippen molar-refractivity contribution in [3.8, 4) is 0 Å². The van der Waals surface area contributed by atoms with Crippen LogP contribution < -0.4 is 0 Å². The first kappa shape index (κ1) is 14.9. The van der Waals surface area contributed by atoms with Crippen molar-refractivity contribution in [1.29, 1.82) is 0 Å². The van der Waals surface area contributed by atoms with Crippen LogP contribution in [-0.4, -0.2) is 29.1 Å². The Balaban J connectivity index is 3.55. The predicted molar refractivity (Wildman–Crippen MR) is 64.1 cm³/mol. The first-order chi connectivity index (χ1) is 7.13. The molecule has 0 bridgehead atoms. The zero-order valence-electron chi connectivity index (χ0n) is 9.54. The van der Waals surface area contributed by atoms with Crippen LogP contribution in [0.5, 0.6) is 0 Å². The fraction of sp³-hybridized carbons (Fsp3) is 0.909. The second-order valence-corrected chi connectivity index (χ2v) is 4.86. The molecule has 3 nitrogen and oxygen atoms in total. The fourth-order valence-corrected chi connectivity index (χ4v) is 1.91. The van der Waals surface area contributed by atoms with Crippen LogP contribution in [0, 0.1) is 0 Å². The number of esters is 1. The first-order valence-corrected chi connectivity index (χ1v) is 6.45. The highest BCUT2D eigenvalue weighted by Gasteiger charge is 2.23. The van der Waals surface area contributed by atoms with Gasteiger partial charge < -0.3 is 9.84 Å². The molecule has 2 atom stereocenters. The molecular weight excluding hydrogens is 260 g/mol. The lowest BCUT2D eigenvalue weighted by molar-refractivity contribution is -0.150. The Bertz CT molecular complexity index is 173. The number of hydrogen-bond acceptors (Lipinski definition) is 3. The molecule has 0 aromatic heterocycles. The molecule has 0 aliphatic rings. The van der Waals surface area contributed by atoms with Crippen LogP contribution in [0.1, 0.15) is 45.4 Å². The van der Waals surface area contributed by atoms with Gasteiger partial charge in [0.2, 0.25) is 0 Å². The van der Waals surface area contributed by atoms with Gasteiger partial charge in [0.1, 0.15) is 0 Å². The smallest absolute Gasteiger partial charge is 0.335 e. The van der Waals surface area contributed by atoms with Crippen molar-refractivity contribution in [3.05, 3.63) is 0 Å². The molecule has 15 heavy (non-hydrogen) atoms. The number of aliphatic hydroxyl groups excluding tert-OH is 1. The first-order valence-electron chi connectivity index (χ1n) is 5.53. The van der Waals surface area contributed by atoms with Crippen LogP contribution in [0.2, 0.25) is 0 Å². The maximum atomic E-state index is 11.0. The highest BCUT2D eigenvalue weighted by molar-refractivity contribution is 9.09. The van der Waals surface area contributed by atoms with Crippen molar-refractivity contribution >= 4 is 21.9 Å².